The first-order chi connectivity index (χ1) is 9.82. The van der Waals surface area contributed by atoms with Crippen molar-refractivity contribution in [3.63, 3.8) is 0 Å². The molecule has 4 nitrogen and oxygen atoms in total. The van der Waals surface area contributed by atoms with Crippen LogP contribution in [0.5, 0.6) is 5.75 Å². The van der Waals surface area contributed by atoms with E-state index in [0.717, 1.165) is 12.1 Å². The van der Waals surface area contributed by atoms with Crippen LogP contribution in [0, 0.1) is 0 Å². The summed E-state index contributed by atoms with van der Waals surface area (Å²) in [5.74, 6) is 0.345. The molecule has 0 unspecified atom stereocenters. The highest BCUT2D eigenvalue weighted by molar-refractivity contribution is 5.74. The molecule has 0 bridgehead atoms. The van der Waals surface area contributed by atoms with E-state index in [1.165, 1.54) is 18.1 Å². The summed E-state index contributed by atoms with van der Waals surface area (Å²) in [6, 6.07) is 3.29. The molecular weight excluding hydrogens is 287 g/mol. The van der Waals surface area contributed by atoms with Gasteiger partial charge in [0, 0.05) is 18.7 Å². The third-order valence-corrected chi connectivity index (χ3v) is 3.35. The molecule has 0 aromatic heterocycles. The Morgan fingerprint density at radius 3 is 2.57 bits per heavy atom. The zero-order valence-corrected chi connectivity index (χ0v) is 11.3. The van der Waals surface area contributed by atoms with Crippen LogP contribution in [0.25, 0.3) is 5.57 Å². The molecule has 114 valence electrons. The lowest BCUT2D eigenvalue weighted by Crippen LogP contribution is -2.33. The maximum Gasteiger partial charge on any atom is 0.416 e. The fraction of sp³-hybridized carbons (Fsp3) is 0.357. The summed E-state index contributed by atoms with van der Waals surface area (Å²) in [5.41, 5.74) is 0.271. The number of carboxylic acid groups (broad SMARTS) is 1. The maximum atomic E-state index is 12.8. The zero-order valence-electron chi connectivity index (χ0n) is 11.3. The van der Waals surface area contributed by atoms with Crippen LogP contribution >= 0.6 is 0 Å². The molecule has 21 heavy (non-hydrogen) atoms. The van der Waals surface area contributed by atoms with E-state index in [1.807, 2.05) is 0 Å². The van der Waals surface area contributed by atoms with Gasteiger partial charge in [-0.1, -0.05) is 6.08 Å². The summed E-state index contributed by atoms with van der Waals surface area (Å²) in [6.45, 7) is 0.407. The molecular formula is C14H14F3NO3. The monoisotopic (exact) mass is 301 g/mol. The second-order valence-corrected chi connectivity index (χ2v) is 4.62. The number of hydrogen-bond donors (Lipinski definition) is 1. The van der Waals surface area contributed by atoms with Crippen molar-refractivity contribution in [2.24, 2.45) is 0 Å². The van der Waals surface area contributed by atoms with Gasteiger partial charge in [-0.05, 0) is 30.2 Å². The second-order valence-electron chi connectivity index (χ2n) is 4.62. The van der Waals surface area contributed by atoms with E-state index in [9.17, 15) is 18.0 Å². The van der Waals surface area contributed by atoms with Gasteiger partial charge in [0.05, 0.1) is 12.7 Å². The van der Waals surface area contributed by atoms with Crippen LogP contribution in [-0.4, -0.2) is 36.3 Å². The molecule has 2 rings (SSSR count). The van der Waals surface area contributed by atoms with Gasteiger partial charge in [0.15, 0.2) is 0 Å². The smallest absolute Gasteiger partial charge is 0.416 e. The van der Waals surface area contributed by atoms with Gasteiger partial charge in [-0.15, -0.1) is 0 Å². The van der Waals surface area contributed by atoms with Crippen molar-refractivity contribution in [2.75, 3.05) is 20.2 Å². The molecule has 1 aromatic rings. The summed E-state index contributed by atoms with van der Waals surface area (Å²) in [5, 5.41) is 8.87. The molecule has 0 fully saturated rings. The number of ether oxygens (including phenoxy) is 1. The lowest BCUT2D eigenvalue weighted by atomic mass is 9.96. The molecule has 0 radical (unpaired) electrons. The van der Waals surface area contributed by atoms with Crippen LogP contribution in [0.2, 0.25) is 0 Å². The number of hydrogen-bond acceptors (Lipinski definition) is 2. The van der Waals surface area contributed by atoms with Gasteiger partial charge in [0.2, 0.25) is 0 Å². The second kappa shape index (κ2) is 5.67. The Labute approximate surface area is 119 Å². The van der Waals surface area contributed by atoms with E-state index in [0.29, 0.717) is 23.3 Å². The number of halogens is 3. The average molecular weight is 301 g/mol. The minimum atomic E-state index is -4.43. The fourth-order valence-electron chi connectivity index (χ4n) is 2.22. The van der Waals surface area contributed by atoms with E-state index < -0.39 is 17.8 Å². The fourth-order valence-corrected chi connectivity index (χ4v) is 2.22. The standard InChI is InChI=1S/C14H14F3NO3/c1-21-12-3-2-10(14(15,16)17)8-11(12)9-4-6-18(7-5-9)13(19)20/h2-4,8H,5-7H2,1H3,(H,19,20). The third kappa shape index (κ3) is 3.29. The van der Waals surface area contributed by atoms with Gasteiger partial charge in [-0.3, -0.25) is 0 Å². The lowest BCUT2D eigenvalue weighted by molar-refractivity contribution is -0.137. The summed E-state index contributed by atoms with van der Waals surface area (Å²) in [4.78, 5) is 12.0. The Morgan fingerprint density at radius 2 is 2.10 bits per heavy atom. The van der Waals surface area contributed by atoms with Crippen molar-refractivity contribution < 1.29 is 27.8 Å². The quantitative estimate of drug-likeness (QED) is 0.910. The first-order valence-corrected chi connectivity index (χ1v) is 6.25. The lowest BCUT2D eigenvalue weighted by Gasteiger charge is -2.25. The highest BCUT2D eigenvalue weighted by Gasteiger charge is 2.31. The van der Waals surface area contributed by atoms with E-state index in [1.54, 1.807) is 6.08 Å². The van der Waals surface area contributed by atoms with Gasteiger partial charge in [0.1, 0.15) is 5.75 Å². The summed E-state index contributed by atoms with van der Waals surface area (Å²) in [6.07, 6.45) is -3.50. The molecule has 1 amide bonds. The number of benzene rings is 1. The number of methoxy groups -OCH3 is 1. The SMILES string of the molecule is COc1ccc(C(F)(F)F)cc1C1=CCN(C(=O)O)CC1. The van der Waals surface area contributed by atoms with Gasteiger partial charge >= 0.3 is 12.3 Å². The van der Waals surface area contributed by atoms with Crippen LogP contribution < -0.4 is 4.74 Å². The Morgan fingerprint density at radius 1 is 1.38 bits per heavy atom. The van der Waals surface area contributed by atoms with E-state index in [2.05, 4.69) is 0 Å². The average Bonchev–Trinajstić information content (AvgIpc) is 2.45. The van der Waals surface area contributed by atoms with E-state index in [-0.39, 0.29) is 13.1 Å². The number of carbonyl (C=O) groups is 1. The van der Waals surface area contributed by atoms with Gasteiger partial charge in [-0.2, -0.15) is 13.2 Å². The molecule has 1 heterocycles. The molecule has 1 aliphatic rings. The van der Waals surface area contributed by atoms with Crippen molar-refractivity contribution in [1.29, 1.82) is 0 Å². The molecule has 0 atom stereocenters. The van der Waals surface area contributed by atoms with Crippen LogP contribution in [0.15, 0.2) is 24.3 Å². The number of alkyl halides is 3. The molecule has 0 spiro atoms. The Balaban J connectivity index is 2.36. The third-order valence-electron chi connectivity index (χ3n) is 3.35. The Kier molecular flexibility index (Phi) is 4.11. The van der Waals surface area contributed by atoms with Gasteiger partial charge in [-0.25, -0.2) is 4.79 Å². The molecule has 7 heteroatoms. The molecule has 1 N–H and O–H groups in total. The first kappa shape index (κ1) is 15.2. The zero-order chi connectivity index (χ0) is 15.6. The molecule has 0 saturated heterocycles. The molecule has 1 aliphatic heterocycles. The molecule has 0 saturated carbocycles. The van der Waals surface area contributed by atoms with Crippen LogP contribution in [0.4, 0.5) is 18.0 Å². The largest absolute Gasteiger partial charge is 0.496 e. The Hall–Kier alpha value is -2.18. The predicted molar refractivity (Wildman–Crippen MR) is 70.2 cm³/mol. The molecule has 1 aromatic carbocycles. The first-order valence-electron chi connectivity index (χ1n) is 6.25. The van der Waals surface area contributed by atoms with E-state index in [4.69, 9.17) is 9.84 Å². The highest BCUT2D eigenvalue weighted by atomic mass is 19.4. The summed E-state index contributed by atoms with van der Waals surface area (Å²) < 4.78 is 43.5. The highest BCUT2D eigenvalue weighted by Crippen LogP contribution is 2.36. The van der Waals surface area contributed by atoms with Crippen molar-refractivity contribution in [3.05, 3.63) is 35.4 Å². The topological polar surface area (TPSA) is 49.8 Å². The van der Waals surface area contributed by atoms with Crippen molar-refractivity contribution >= 4 is 11.7 Å². The minimum absolute atomic E-state index is 0.157. The number of amides is 1. The summed E-state index contributed by atoms with van der Waals surface area (Å²) in [7, 11) is 1.39. The van der Waals surface area contributed by atoms with Crippen molar-refractivity contribution in [2.45, 2.75) is 12.6 Å². The van der Waals surface area contributed by atoms with Crippen LogP contribution in [0.1, 0.15) is 17.5 Å². The number of rotatable bonds is 2. The Bertz CT molecular complexity index is 581. The number of nitrogens with zero attached hydrogens (tertiary/aromatic N) is 1. The van der Waals surface area contributed by atoms with Gasteiger partial charge < -0.3 is 14.7 Å². The van der Waals surface area contributed by atoms with Crippen molar-refractivity contribution in [1.82, 2.24) is 4.90 Å². The summed E-state index contributed by atoms with van der Waals surface area (Å²) >= 11 is 0. The van der Waals surface area contributed by atoms with Crippen LogP contribution in [-0.2, 0) is 6.18 Å². The molecule has 0 aliphatic carbocycles. The van der Waals surface area contributed by atoms with Gasteiger partial charge in [0.25, 0.3) is 0 Å². The minimum Gasteiger partial charge on any atom is -0.496 e. The maximum absolute atomic E-state index is 12.8. The normalized spacial score (nSPS) is 15.6. The predicted octanol–water partition coefficient (Wildman–Crippen LogP) is 3.48. The van der Waals surface area contributed by atoms with E-state index >= 15 is 0 Å². The van der Waals surface area contributed by atoms with Crippen molar-refractivity contribution in [3.8, 4) is 5.75 Å². The van der Waals surface area contributed by atoms with Crippen LogP contribution in [0.3, 0.4) is 0 Å².